The molecule has 100 valence electrons. The van der Waals surface area contributed by atoms with Crippen molar-refractivity contribution in [2.75, 3.05) is 18.4 Å². The molecule has 2 aliphatic rings. The minimum atomic E-state index is -0.106. The summed E-state index contributed by atoms with van der Waals surface area (Å²) in [6.45, 7) is 1.82. The predicted octanol–water partition coefficient (Wildman–Crippen LogP) is 1.31. The second-order valence-electron chi connectivity index (χ2n) is 5.09. The van der Waals surface area contributed by atoms with Crippen LogP contribution in [0.2, 0.25) is 0 Å². The number of hydrazine groups is 1. The minimum absolute atomic E-state index is 0.0106. The summed E-state index contributed by atoms with van der Waals surface area (Å²) in [4.78, 5) is 23.4. The summed E-state index contributed by atoms with van der Waals surface area (Å²) in [5, 5.41) is 4.73. The highest BCUT2D eigenvalue weighted by Crippen LogP contribution is 2.24. The molecule has 5 nitrogen and oxygen atoms in total. The van der Waals surface area contributed by atoms with Crippen LogP contribution in [0.25, 0.3) is 0 Å². The third-order valence-electron chi connectivity index (χ3n) is 3.61. The summed E-state index contributed by atoms with van der Waals surface area (Å²) < 4.78 is 0. The summed E-state index contributed by atoms with van der Waals surface area (Å²) in [6.07, 6.45) is 3.89. The summed E-state index contributed by atoms with van der Waals surface area (Å²) in [6, 6.07) is 5.37. The number of anilines is 1. The van der Waals surface area contributed by atoms with Crippen LogP contribution in [0.3, 0.4) is 0 Å². The molecule has 1 fully saturated rings. The van der Waals surface area contributed by atoms with Crippen molar-refractivity contribution in [3.05, 3.63) is 29.3 Å². The van der Waals surface area contributed by atoms with Crippen LogP contribution in [0.5, 0.6) is 0 Å². The zero-order chi connectivity index (χ0) is 13.2. The fourth-order valence-corrected chi connectivity index (χ4v) is 2.57. The summed E-state index contributed by atoms with van der Waals surface area (Å²) in [7, 11) is 0. The molecule has 0 atom stereocenters. The third-order valence-corrected chi connectivity index (χ3v) is 3.61. The summed E-state index contributed by atoms with van der Waals surface area (Å²) in [5.74, 6) is -0.116. The van der Waals surface area contributed by atoms with Crippen LogP contribution in [-0.4, -0.2) is 29.9 Å². The number of nitrogens with zero attached hydrogens (tertiary/aromatic N) is 1. The van der Waals surface area contributed by atoms with Crippen molar-refractivity contribution in [1.29, 1.82) is 0 Å². The topological polar surface area (TPSA) is 61.4 Å². The molecule has 1 saturated heterocycles. The smallest absolute Gasteiger partial charge is 0.265 e. The SMILES string of the molecule is O=C1Cc2ccc(C(=O)NN3CCCCC3)cc2N1. The number of rotatable bonds is 2. The van der Waals surface area contributed by atoms with Crippen LogP contribution in [-0.2, 0) is 11.2 Å². The maximum absolute atomic E-state index is 12.1. The minimum Gasteiger partial charge on any atom is -0.326 e. The highest BCUT2D eigenvalue weighted by molar-refractivity contribution is 6.02. The van der Waals surface area contributed by atoms with Gasteiger partial charge in [0, 0.05) is 24.3 Å². The Kier molecular flexibility index (Phi) is 3.21. The number of fused-ring (bicyclic) bond motifs is 1. The lowest BCUT2D eigenvalue weighted by molar-refractivity contribution is -0.115. The van der Waals surface area contributed by atoms with Crippen LogP contribution in [0.15, 0.2) is 18.2 Å². The molecule has 0 saturated carbocycles. The highest BCUT2D eigenvalue weighted by atomic mass is 16.2. The molecule has 0 aromatic heterocycles. The monoisotopic (exact) mass is 259 g/mol. The molecule has 0 bridgehead atoms. The normalized spacial score (nSPS) is 18.8. The van der Waals surface area contributed by atoms with E-state index in [0.717, 1.165) is 37.2 Å². The zero-order valence-corrected chi connectivity index (χ0v) is 10.7. The average Bonchev–Trinajstić information content (AvgIpc) is 2.78. The van der Waals surface area contributed by atoms with Crippen LogP contribution in [0, 0.1) is 0 Å². The van der Waals surface area contributed by atoms with Gasteiger partial charge in [0.1, 0.15) is 0 Å². The Morgan fingerprint density at radius 3 is 2.79 bits per heavy atom. The first kappa shape index (κ1) is 12.2. The molecule has 0 unspecified atom stereocenters. The largest absolute Gasteiger partial charge is 0.326 e. The number of benzene rings is 1. The van der Waals surface area contributed by atoms with E-state index in [1.807, 2.05) is 11.1 Å². The van der Waals surface area contributed by atoms with Gasteiger partial charge in [-0.05, 0) is 30.5 Å². The molecular weight excluding hydrogens is 242 g/mol. The van der Waals surface area contributed by atoms with Crippen molar-refractivity contribution < 1.29 is 9.59 Å². The molecule has 0 spiro atoms. The van der Waals surface area contributed by atoms with E-state index < -0.39 is 0 Å². The van der Waals surface area contributed by atoms with E-state index in [4.69, 9.17) is 0 Å². The molecule has 19 heavy (non-hydrogen) atoms. The van der Waals surface area contributed by atoms with Gasteiger partial charge in [0.25, 0.3) is 5.91 Å². The van der Waals surface area contributed by atoms with E-state index in [0.29, 0.717) is 12.0 Å². The van der Waals surface area contributed by atoms with Crippen molar-refractivity contribution in [2.45, 2.75) is 25.7 Å². The van der Waals surface area contributed by atoms with Gasteiger partial charge >= 0.3 is 0 Å². The van der Waals surface area contributed by atoms with E-state index in [-0.39, 0.29) is 11.8 Å². The van der Waals surface area contributed by atoms with Gasteiger partial charge in [-0.1, -0.05) is 12.5 Å². The Hall–Kier alpha value is -1.88. The van der Waals surface area contributed by atoms with Gasteiger partial charge in [0.2, 0.25) is 5.91 Å². The fraction of sp³-hybridized carbons (Fsp3) is 0.429. The fourth-order valence-electron chi connectivity index (χ4n) is 2.57. The van der Waals surface area contributed by atoms with Gasteiger partial charge in [0.05, 0.1) is 6.42 Å². The highest BCUT2D eigenvalue weighted by Gasteiger charge is 2.20. The predicted molar refractivity (Wildman–Crippen MR) is 71.7 cm³/mol. The van der Waals surface area contributed by atoms with Crippen molar-refractivity contribution in [2.24, 2.45) is 0 Å². The lowest BCUT2D eigenvalue weighted by atomic mass is 10.1. The first-order valence-electron chi connectivity index (χ1n) is 6.71. The quantitative estimate of drug-likeness (QED) is 0.842. The van der Waals surface area contributed by atoms with Crippen LogP contribution in [0.4, 0.5) is 5.69 Å². The molecule has 5 heteroatoms. The first-order chi connectivity index (χ1) is 9.22. The van der Waals surface area contributed by atoms with Gasteiger partial charge in [-0.25, -0.2) is 5.01 Å². The number of nitrogens with one attached hydrogen (secondary N) is 2. The van der Waals surface area contributed by atoms with E-state index >= 15 is 0 Å². The Morgan fingerprint density at radius 2 is 2.00 bits per heavy atom. The van der Waals surface area contributed by atoms with Crippen molar-refractivity contribution >= 4 is 17.5 Å². The van der Waals surface area contributed by atoms with Gasteiger partial charge < -0.3 is 5.32 Å². The van der Waals surface area contributed by atoms with E-state index in [1.54, 1.807) is 12.1 Å². The lowest BCUT2D eigenvalue weighted by Gasteiger charge is -2.26. The Balaban J connectivity index is 1.70. The number of amides is 2. The third kappa shape index (κ3) is 2.61. The molecule has 1 aromatic carbocycles. The standard InChI is InChI=1S/C14H17N3O2/c18-13-9-10-4-5-11(8-12(10)15-13)14(19)16-17-6-2-1-3-7-17/h4-5,8H,1-3,6-7,9H2,(H,15,18)(H,16,19). The molecule has 0 radical (unpaired) electrons. The number of hydrogen-bond donors (Lipinski definition) is 2. The Morgan fingerprint density at radius 1 is 1.21 bits per heavy atom. The van der Waals surface area contributed by atoms with Crippen LogP contribution >= 0.6 is 0 Å². The van der Waals surface area contributed by atoms with E-state index in [9.17, 15) is 9.59 Å². The molecule has 2 aliphatic heterocycles. The van der Waals surface area contributed by atoms with Gasteiger partial charge in [-0.3, -0.25) is 15.0 Å². The zero-order valence-electron chi connectivity index (χ0n) is 10.7. The van der Waals surface area contributed by atoms with Crippen molar-refractivity contribution in [3.63, 3.8) is 0 Å². The second kappa shape index (κ2) is 5.01. The number of carbonyl (C=O) groups excluding carboxylic acids is 2. The van der Waals surface area contributed by atoms with Crippen molar-refractivity contribution in [3.8, 4) is 0 Å². The molecule has 1 aromatic rings. The maximum Gasteiger partial charge on any atom is 0.265 e. The van der Waals surface area contributed by atoms with Crippen LogP contribution < -0.4 is 10.7 Å². The molecule has 0 aliphatic carbocycles. The Bertz CT molecular complexity index is 521. The first-order valence-corrected chi connectivity index (χ1v) is 6.71. The lowest BCUT2D eigenvalue weighted by Crippen LogP contribution is -2.45. The summed E-state index contributed by atoms with van der Waals surface area (Å²) >= 11 is 0. The average molecular weight is 259 g/mol. The molecule has 3 rings (SSSR count). The van der Waals surface area contributed by atoms with Gasteiger partial charge in [0.15, 0.2) is 0 Å². The van der Waals surface area contributed by atoms with E-state index in [2.05, 4.69) is 10.7 Å². The molecule has 2 N–H and O–H groups in total. The van der Waals surface area contributed by atoms with Gasteiger partial charge in [-0.15, -0.1) is 0 Å². The van der Waals surface area contributed by atoms with Crippen molar-refractivity contribution in [1.82, 2.24) is 10.4 Å². The van der Waals surface area contributed by atoms with Gasteiger partial charge in [-0.2, -0.15) is 0 Å². The number of hydrogen-bond acceptors (Lipinski definition) is 3. The number of carbonyl (C=O) groups is 2. The Labute approximate surface area is 111 Å². The second-order valence-corrected chi connectivity index (χ2v) is 5.09. The molecular formula is C14H17N3O2. The summed E-state index contributed by atoms with van der Waals surface area (Å²) in [5.41, 5.74) is 5.23. The molecule has 2 amide bonds. The van der Waals surface area contributed by atoms with Crippen LogP contribution in [0.1, 0.15) is 35.2 Å². The number of piperidine rings is 1. The van der Waals surface area contributed by atoms with E-state index in [1.165, 1.54) is 6.42 Å². The maximum atomic E-state index is 12.1. The molecule has 2 heterocycles.